The molecule has 1 heteroatoms. The molecule has 3 aromatic rings. The molecular formula is C20H19N. The second-order valence-corrected chi connectivity index (χ2v) is 5.99. The van der Waals surface area contributed by atoms with Crippen molar-refractivity contribution in [3.05, 3.63) is 71.9 Å². The predicted molar refractivity (Wildman–Crippen MR) is 89.9 cm³/mol. The summed E-state index contributed by atoms with van der Waals surface area (Å²) in [6, 6.07) is 19.4. The molecule has 1 aliphatic carbocycles. The molecule has 0 fully saturated rings. The largest absolute Gasteiger partial charge is 0.313 e. The quantitative estimate of drug-likeness (QED) is 0.559. The fraction of sp³-hybridized carbons (Fsp3) is 0.200. The van der Waals surface area contributed by atoms with Gasteiger partial charge in [-0.3, -0.25) is 0 Å². The van der Waals surface area contributed by atoms with Crippen LogP contribution >= 0.6 is 0 Å². The van der Waals surface area contributed by atoms with E-state index in [1.807, 2.05) is 0 Å². The van der Waals surface area contributed by atoms with Crippen molar-refractivity contribution >= 4 is 17.0 Å². The zero-order chi connectivity index (χ0) is 14.4. The molecule has 1 nitrogen and oxygen atoms in total. The van der Waals surface area contributed by atoms with Crippen LogP contribution in [0.3, 0.4) is 0 Å². The first-order valence-corrected chi connectivity index (χ1v) is 7.64. The second-order valence-electron chi connectivity index (χ2n) is 5.99. The molecule has 4 rings (SSSR count). The Bertz CT molecular complexity index is 824. The number of aromatic nitrogens is 1. The Morgan fingerprint density at radius 3 is 2.38 bits per heavy atom. The summed E-state index contributed by atoms with van der Waals surface area (Å²) in [7, 11) is 0. The van der Waals surface area contributed by atoms with E-state index in [9.17, 15) is 0 Å². The van der Waals surface area contributed by atoms with E-state index in [0.717, 1.165) is 0 Å². The topological polar surface area (TPSA) is 4.93 Å². The van der Waals surface area contributed by atoms with Gasteiger partial charge in [0.25, 0.3) is 0 Å². The lowest BCUT2D eigenvalue weighted by molar-refractivity contribution is 0.564. The van der Waals surface area contributed by atoms with Crippen molar-refractivity contribution in [3.8, 4) is 5.69 Å². The second kappa shape index (κ2) is 4.63. The minimum atomic E-state index is 0.526. The monoisotopic (exact) mass is 273 g/mol. The van der Waals surface area contributed by atoms with Gasteiger partial charge in [-0.15, -0.1) is 0 Å². The van der Waals surface area contributed by atoms with E-state index in [-0.39, 0.29) is 0 Å². The van der Waals surface area contributed by atoms with Crippen LogP contribution in [0, 0.1) is 5.92 Å². The van der Waals surface area contributed by atoms with Gasteiger partial charge in [0.15, 0.2) is 0 Å². The highest BCUT2D eigenvalue weighted by atomic mass is 15.0. The van der Waals surface area contributed by atoms with Crippen molar-refractivity contribution in [2.45, 2.75) is 19.8 Å². The van der Waals surface area contributed by atoms with E-state index in [1.165, 1.54) is 27.8 Å². The molecule has 0 spiro atoms. The maximum absolute atomic E-state index is 2.44. The van der Waals surface area contributed by atoms with Gasteiger partial charge in [-0.1, -0.05) is 62.4 Å². The number of rotatable bonds is 1. The Kier molecular flexibility index (Phi) is 2.75. The van der Waals surface area contributed by atoms with E-state index in [1.54, 1.807) is 0 Å². The molecule has 1 unspecified atom stereocenters. The number of nitrogens with zero attached hydrogens (tertiary/aromatic N) is 1. The van der Waals surface area contributed by atoms with Crippen LogP contribution in [-0.4, -0.2) is 4.57 Å². The van der Waals surface area contributed by atoms with Gasteiger partial charge < -0.3 is 4.57 Å². The molecule has 1 heterocycles. The summed E-state index contributed by atoms with van der Waals surface area (Å²) in [5.41, 5.74) is 5.39. The van der Waals surface area contributed by atoms with Gasteiger partial charge in [-0.2, -0.15) is 0 Å². The number of hydrogen-bond donors (Lipinski definition) is 0. The average molecular weight is 273 g/mol. The third-order valence-corrected chi connectivity index (χ3v) is 4.75. The van der Waals surface area contributed by atoms with Crippen LogP contribution in [-0.2, 0) is 0 Å². The Hall–Kier alpha value is -2.28. The third kappa shape index (κ3) is 1.77. The highest BCUT2D eigenvalue weighted by Gasteiger charge is 2.26. The van der Waals surface area contributed by atoms with Gasteiger partial charge in [-0.25, -0.2) is 0 Å². The Labute approximate surface area is 125 Å². The van der Waals surface area contributed by atoms with Crippen LogP contribution in [0.5, 0.6) is 0 Å². The van der Waals surface area contributed by atoms with Gasteiger partial charge >= 0.3 is 0 Å². The van der Waals surface area contributed by atoms with Crippen molar-refractivity contribution in [2.24, 2.45) is 5.92 Å². The van der Waals surface area contributed by atoms with Crippen molar-refractivity contribution in [3.63, 3.8) is 0 Å². The minimum absolute atomic E-state index is 0.526. The van der Waals surface area contributed by atoms with E-state index in [0.29, 0.717) is 11.8 Å². The minimum Gasteiger partial charge on any atom is -0.313 e. The van der Waals surface area contributed by atoms with Crippen LogP contribution < -0.4 is 0 Å². The number of fused-ring (bicyclic) bond motifs is 3. The molecular weight excluding hydrogens is 254 g/mol. The van der Waals surface area contributed by atoms with E-state index in [2.05, 4.69) is 85.2 Å². The molecule has 0 aliphatic heterocycles. The normalized spacial score (nSPS) is 20.7. The summed E-state index contributed by atoms with van der Waals surface area (Å²) in [4.78, 5) is 0. The van der Waals surface area contributed by atoms with Crippen LogP contribution in [0.15, 0.2) is 60.7 Å². The van der Waals surface area contributed by atoms with Crippen LogP contribution in [0.2, 0.25) is 0 Å². The standard InChI is InChI=1S/C20H19N/c1-14-12-13-18-17-10-6-7-11-19(17)21(20(18)15(14)2)16-8-4-3-5-9-16/h3-15H,1-2H3/t14-,15?/m1/s1. The molecule has 0 radical (unpaired) electrons. The van der Waals surface area contributed by atoms with Crippen molar-refractivity contribution < 1.29 is 0 Å². The molecule has 0 saturated heterocycles. The van der Waals surface area contributed by atoms with E-state index < -0.39 is 0 Å². The maximum Gasteiger partial charge on any atom is 0.0537 e. The average Bonchev–Trinajstić information content (AvgIpc) is 2.87. The highest BCUT2D eigenvalue weighted by molar-refractivity contribution is 5.93. The first kappa shape index (κ1) is 12.5. The molecule has 0 amide bonds. The molecule has 1 aromatic heterocycles. The first-order chi connectivity index (χ1) is 10.3. The zero-order valence-electron chi connectivity index (χ0n) is 12.5. The van der Waals surface area contributed by atoms with Gasteiger partial charge in [0.05, 0.1) is 5.52 Å². The lowest BCUT2D eigenvalue weighted by Gasteiger charge is -2.24. The Morgan fingerprint density at radius 1 is 0.857 bits per heavy atom. The molecule has 2 aromatic carbocycles. The molecule has 21 heavy (non-hydrogen) atoms. The van der Waals surface area contributed by atoms with Crippen LogP contribution in [0.4, 0.5) is 0 Å². The third-order valence-electron chi connectivity index (χ3n) is 4.75. The first-order valence-electron chi connectivity index (χ1n) is 7.64. The number of allylic oxidation sites excluding steroid dienone is 1. The van der Waals surface area contributed by atoms with Crippen LogP contribution in [0.1, 0.15) is 31.0 Å². The van der Waals surface area contributed by atoms with Crippen molar-refractivity contribution in [1.29, 1.82) is 0 Å². The molecule has 2 atom stereocenters. The molecule has 1 aliphatic rings. The molecule has 0 bridgehead atoms. The van der Waals surface area contributed by atoms with Gasteiger partial charge in [-0.05, 0) is 24.1 Å². The van der Waals surface area contributed by atoms with Crippen LogP contribution in [0.25, 0.3) is 22.7 Å². The summed E-state index contributed by atoms with van der Waals surface area (Å²) in [6.07, 6.45) is 4.65. The molecule has 0 N–H and O–H groups in total. The van der Waals surface area contributed by atoms with E-state index >= 15 is 0 Å². The number of hydrogen-bond acceptors (Lipinski definition) is 0. The lowest BCUT2D eigenvalue weighted by Crippen LogP contribution is -2.13. The smallest absolute Gasteiger partial charge is 0.0537 e. The maximum atomic E-state index is 2.44. The Morgan fingerprint density at radius 2 is 1.57 bits per heavy atom. The summed E-state index contributed by atoms with van der Waals surface area (Å²) in [5, 5.41) is 1.35. The molecule has 0 saturated carbocycles. The van der Waals surface area contributed by atoms with Gasteiger partial charge in [0, 0.05) is 28.2 Å². The zero-order valence-corrected chi connectivity index (χ0v) is 12.5. The highest BCUT2D eigenvalue weighted by Crippen LogP contribution is 2.41. The molecule has 104 valence electrons. The summed E-state index contributed by atoms with van der Waals surface area (Å²) < 4.78 is 2.44. The summed E-state index contributed by atoms with van der Waals surface area (Å²) >= 11 is 0. The number of para-hydroxylation sites is 2. The fourth-order valence-corrected chi connectivity index (χ4v) is 3.43. The fourth-order valence-electron chi connectivity index (χ4n) is 3.43. The summed E-state index contributed by atoms with van der Waals surface area (Å²) in [6.45, 7) is 4.64. The van der Waals surface area contributed by atoms with Crippen molar-refractivity contribution in [2.75, 3.05) is 0 Å². The van der Waals surface area contributed by atoms with E-state index in [4.69, 9.17) is 0 Å². The summed E-state index contributed by atoms with van der Waals surface area (Å²) in [5.74, 6) is 1.10. The predicted octanol–water partition coefficient (Wildman–Crippen LogP) is 5.40. The SMILES string of the molecule is CC1c2c(c3ccccc3n2-c2ccccc2)C=C[C@H]1C. The van der Waals surface area contributed by atoms with Gasteiger partial charge in [0.1, 0.15) is 0 Å². The van der Waals surface area contributed by atoms with Crippen molar-refractivity contribution in [1.82, 2.24) is 4.57 Å². The number of benzene rings is 2. The Balaban J connectivity index is 2.13. The lowest BCUT2D eigenvalue weighted by atomic mass is 9.85. The van der Waals surface area contributed by atoms with Gasteiger partial charge in [0.2, 0.25) is 0 Å².